The zero-order valence-corrected chi connectivity index (χ0v) is 13.8. The molecule has 0 aliphatic heterocycles. The van der Waals surface area contributed by atoms with E-state index in [9.17, 15) is 9.18 Å². The van der Waals surface area contributed by atoms with Crippen LogP contribution >= 0.6 is 15.9 Å². The van der Waals surface area contributed by atoms with E-state index in [0.717, 1.165) is 16.2 Å². The van der Waals surface area contributed by atoms with E-state index in [0.29, 0.717) is 5.56 Å². The largest absolute Gasteiger partial charge is 0.321 e. The van der Waals surface area contributed by atoms with Gasteiger partial charge in [0.1, 0.15) is 11.9 Å². The third-order valence-corrected chi connectivity index (χ3v) is 3.70. The first-order valence-corrected chi connectivity index (χ1v) is 7.68. The Morgan fingerprint density at radius 3 is 2.62 bits per heavy atom. The average Bonchev–Trinajstić information content (AvgIpc) is 3.03. The van der Waals surface area contributed by atoms with Crippen molar-refractivity contribution >= 4 is 27.5 Å². The van der Waals surface area contributed by atoms with Gasteiger partial charge in [-0.15, -0.1) is 0 Å². The molecule has 1 aromatic heterocycles. The number of nitrogens with zero attached hydrogens (tertiary/aromatic N) is 3. The van der Waals surface area contributed by atoms with Gasteiger partial charge in [-0.25, -0.2) is 9.07 Å². The molecule has 0 saturated carbocycles. The molecule has 0 aliphatic rings. The number of hydrogen-bond acceptors (Lipinski definition) is 3. The summed E-state index contributed by atoms with van der Waals surface area (Å²) >= 11 is 3.32. The Bertz CT molecular complexity index is 944. The number of hydrogen-bond donors (Lipinski definition) is 1. The van der Waals surface area contributed by atoms with Gasteiger partial charge < -0.3 is 5.32 Å². The maximum atomic E-state index is 13.1. The van der Waals surface area contributed by atoms with E-state index in [-0.39, 0.29) is 17.2 Å². The van der Waals surface area contributed by atoms with Gasteiger partial charge in [-0.1, -0.05) is 0 Å². The Hall–Kier alpha value is -2.98. The highest BCUT2D eigenvalue weighted by molar-refractivity contribution is 9.10. The van der Waals surface area contributed by atoms with E-state index < -0.39 is 5.82 Å². The van der Waals surface area contributed by atoms with Crippen LogP contribution in [0.2, 0.25) is 0 Å². The van der Waals surface area contributed by atoms with Crippen LogP contribution in [0.5, 0.6) is 0 Å². The summed E-state index contributed by atoms with van der Waals surface area (Å²) in [5, 5.41) is 15.8. The van der Waals surface area contributed by atoms with E-state index in [2.05, 4.69) is 26.3 Å². The van der Waals surface area contributed by atoms with E-state index in [4.69, 9.17) is 5.26 Å². The van der Waals surface area contributed by atoms with Crippen LogP contribution < -0.4 is 5.32 Å². The molecular formula is C17H10BrFN4O. The number of amides is 1. The van der Waals surface area contributed by atoms with Gasteiger partial charge in [0.2, 0.25) is 0 Å². The summed E-state index contributed by atoms with van der Waals surface area (Å²) in [7, 11) is 0. The van der Waals surface area contributed by atoms with E-state index >= 15 is 0 Å². The SMILES string of the molecule is N#Cc1cc(F)ccc1NC(=O)c1ccc(-n2cc(Br)cn2)cc1. The Kier molecular flexibility index (Phi) is 4.40. The lowest BCUT2D eigenvalue weighted by atomic mass is 10.1. The minimum absolute atomic E-state index is 0.0707. The molecule has 118 valence electrons. The summed E-state index contributed by atoms with van der Waals surface area (Å²) in [5.41, 5.74) is 1.56. The van der Waals surface area contributed by atoms with Gasteiger partial charge in [0.25, 0.3) is 5.91 Å². The van der Waals surface area contributed by atoms with Crippen LogP contribution in [0.4, 0.5) is 10.1 Å². The van der Waals surface area contributed by atoms with Gasteiger partial charge in [0.15, 0.2) is 0 Å². The van der Waals surface area contributed by atoms with Gasteiger partial charge in [0.05, 0.1) is 27.6 Å². The number of nitrogens with one attached hydrogen (secondary N) is 1. The molecule has 0 bridgehead atoms. The molecule has 24 heavy (non-hydrogen) atoms. The number of benzene rings is 2. The van der Waals surface area contributed by atoms with Gasteiger partial charge in [0, 0.05) is 11.8 Å². The zero-order valence-electron chi connectivity index (χ0n) is 12.2. The van der Waals surface area contributed by atoms with Gasteiger partial charge in [-0.3, -0.25) is 4.79 Å². The lowest BCUT2D eigenvalue weighted by Gasteiger charge is -2.08. The highest BCUT2D eigenvalue weighted by Crippen LogP contribution is 2.18. The fourth-order valence-electron chi connectivity index (χ4n) is 2.12. The zero-order chi connectivity index (χ0) is 17.1. The highest BCUT2D eigenvalue weighted by atomic mass is 79.9. The molecule has 0 fully saturated rings. The topological polar surface area (TPSA) is 70.7 Å². The monoisotopic (exact) mass is 384 g/mol. The lowest BCUT2D eigenvalue weighted by Crippen LogP contribution is -2.13. The third-order valence-electron chi connectivity index (χ3n) is 3.30. The number of nitriles is 1. The second-order valence-corrected chi connectivity index (χ2v) is 5.82. The predicted octanol–water partition coefficient (Wildman–Crippen LogP) is 3.90. The van der Waals surface area contributed by atoms with E-state index in [1.165, 1.54) is 12.1 Å². The number of aromatic nitrogens is 2. The molecule has 0 atom stereocenters. The van der Waals surface area contributed by atoms with Crippen LogP contribution in [0.3, 0.4) is 0 Å². The lowest BCUT2D eigenvalue weighted by molar-refractivity contribution is 0.102. The molecule has 0 saturated heterocycles. The van der Waals surface area contributed by atoms with Crippen LogP contribution in [0.25, 0.3) is 5.69 Å². The number of carbonyl (C=O) groups is 1. The molecule has 1 N–H and O–H groups in total. The Morgan fingerprint density at radius 1 is 1.25 bits per heavy atom. The average molecular weight is 385 g/mol. The van der Waals surface area contributed by atoms with E-state index in [1.54, 1.807) is 41.3 Å². The summed E-state index contributed by atoms with van der Waals surface area (Å²) in [6.45, 7) is 0. The summed E-state index contributed by atoms with van der Waals surface area (Å²) in [6.07, 6.45) is 3.46. The van der Waals surface area contributed by atoms with E-state index in [1.807, 2.05) is 6.07 Å². The van der Waals surface area contributed by atoms with Crippen LogP contribution in [-0.4, -0.2) is 15.7 Å². The molecule has 3 rings (SSSR count). The minimum Gasteiger partial charge on any atom is -0.321 e. The fraction of sp³-hybridized carbons (Fsp3) is 0. The summed E-state index contributed by atoms with van der Waals surface area (Å²) in [6, 6.07) is 12.3. The first-order valence-electron chi connectivity index (χ1n) is 6.88. The van der Waals surface area contributed by atoms with Crippen molar-refractivity contribution in [2.24, 2.45) is 0 Å². The fourth-order valence-corrected chi connectivity index (χ4v) is 2.41. The standard InChI is InChI=1S/C17H10BrFN4O/c18-13-9-21-23(10-13)15-4-1-11(2-5-15)17(24)22-16-6-3-14(19)7-12(16)8-20/h1-7,9-10H,(H,22,24). The molecule has 3 aromatic rings. The maximum absolute atomic E-state index is 13.1. The summed E-state index contributed by atoms with van der Waals surface area (Å²) < 4.78 is 15.6. The second-order valence-electron chi connectivity index (χ2n) is 4.91. The number of rotatable bonds is 3. The molecule has 1 amide bonds. The van der Waals surface area contributed by atoms with Crippen molar-refractivity contribution < 1.29 is 9.18 Å². The van der Waals surface area contributed by atoms with Crippen LogP contribution in [0, 0.1) is 17.1 Å². The van der Waals surface area contributed by atoms with Crippen LogP contribution in [0.15, 0.2) is 59.3 Å². The quantitative estimate of drug-likeness (QED) is 0.744. The molecule has 2 aromatic carbocycles. The highest BCUT2D eigenvalue weighted by Gasteiger charge is 2.10. The minimum atomic E-state index is -0.528. The summed E-state index contributed by atoms with van der Waals surface area (Å²) in [4.78, 5) is 12.3. The molecule has 5 nitrogen and oxygen atoms in total. The first-order chi connectivity index (χ1) is 11.6. The number of halogens is 2. The summed E-state index contributed by atoms with van der Waals surface area (Å²) in [5.74, 6) is -0.911. The van der Waals surface area contributed by atoms with Gasteiger partial charge >= 0.3 is 0 Å². The molecule has 0 unspecified atom stereocenters. The van der Waals surface area contributed by atoms with Crippen molar-refractivity contribution in [1.29, 1.82) is 5.26 Å². The first kappa shape index (κ1) is 15.9. The Morgan fingerprint density at radius 2 is 2.00 bits per heavy atom. The van der Waals surface area contributed by atoms with Crippen molar-refractivity contribution in [3.63, 3.8) is 0 Å². The predicted molar refractivity (Wildman–Crippen MR) is 90.3 cm³/mol. The Balaban J connectivity index is 1.80. The van der Waals surface area contributed by atoms with Gasteiger partial charge in [-0.2, -0.15) is 10.4 Å². The Labute approximate surface area is 145 Å². The molecular weight excluding hydrogens is 375 g/mol. The molecule has 0 aliphatic carbocycles. The van der Waals surface area contributed by atoms with Crippen LogP contribution in [-0.2, 0) is 0 Å². The normalized spacial score (nSPS) is 10.2. The molecule has 0 spiro atoms. The van der Waals surface area contributed by atoms with Gasteiger partial charge in [-0.05, 0) is 58.4 Å². The smallest absolute Gasteiger partial charge is 0.255 e. The molecule has 1 heterocycles. The van der Waals surface area contributed by atoms with Crippen molar-refractivity contribution in [3.8, 4) is 11.8 Å². The van der Waals surface area contributed by atoms with Crippen molar-refractivity contribution in [1.82, 2.24) is 9.78 Å². The van der Waals surface area contributed by atoms with Crippen molar-refractivity contribution in [2.75, 3.05) is 5.32 Å². The van der Waals surface area contributed by atoms with Crippen molar-refractivity contribution in [2.45, 2.75) is 0 Å². The maximum Gasteiger partial charge on any atom is 0.255 e. The molecule has 7 heteroatoms. The third kappa shape index (κ3) is 3.34. The van der Waals surface area contributed by atoms with Crippen LogP contribution in [0.1, 0.15) is 15.9 Å². The number of carbonyl (C=O) groups excluding carboxylic acids is 1. The molecule has 0 radical (unpaired) electrons. The second kappa shape index (κ2) is 6.64. The van der Waals surface area contributed by atoms with Crippen molar-refractivity contribution in [3.05, 3.63) is 76.3 Å². The number of anilines is 1.